The third-order valence-electron chi connectivity index (χ3n) is 6.70. The van der Waals surface area contributed by atoms with E-state index in [1.165, 1.54) is 17.5 Å². The summed E-state index contributed by atoms with van der Waals surface area (Å²) in [5, 5.41) is 3.81. The lowest BCUT2D eigenvalue weighted by atomic mass is 9.90. The van der Waals surface area contributed by atoms with Crippen molar-refractivity contribution in [3.8, 4) is 5.75 Å². The van der Waals surface area contributed by atoms with Crippen LogP contribution in [0.2, 0.25) is 0 Å². The van der Waals surface area contributed by atoms with Gasteiger partial charge in [0, 0.05) is 42.8 Å². The van der Waals surface area contributed by atoms with Gasteiger partial charge in [-0.3, -0.25) is 9.69 Å². The summed E-state index contributed by atoms with van der Waals surface area (Å²) >= 11 is 0. The van der Waals surface area contributed by atoms with Gasteiger partial charge in [0.25, 0.3) is 0 Å². The van der Waals surface area contributed by atoms with Gasteiger partial charge in [-0.1, -0.05) is 37.3 Å². The van der Waals surface area contributed by atoms with Gasteiger partial charge in [-0.05, 0) is 56.1 Å². The Morgan fingerprint density at radius 2 is 1.93 bits per heavy atom. The first-order chi connectivity index (χ1) is 14.5. The Hall–Kier alpha value is -2.37. The Morgan fingerprint density at radius 3 is 2.67 bits per heavy atom. The smallest absolute Gasteiger partial charge is 0.229 e. The highest BCUT2D eigenvalue weighted by Gasteiger charge is 2.31. The van der Waals surface area contributed by atoms with Crippen molar-refractivity contribution in [2.45, 2.75) is 44.8 Å². The molecular weight excluding hydrogens is 374 g/mol. The summed E-state index contributed by atoms with van der Waals surface area (Å²) in [6.07, 6.45) is 3.10. The fourth-order valence-corrected chi connectivity index (χ4v) is 5.08. The van der Waals surface area contributed by atoms with Crippen LogP contribution in [0.4, 0.5) is 5.69 Å². The number of benzene rings is 2. The van der Waals surface area contributed by atoms with E-state index in [-0.39, 0.29) is 11.8 Å². The number of hydrogen-bond donors (Lipinski definition) is 1. The number of hydrogen-bond acceptors (Lipinski definition) is 4. The molecule has 5 nitrogen and oxygen atoms in total. The first-order valence-corrected chi connectivity index (χ1v) is 11.0. The summed E-state index contributed by atoms with van der Waals surface area (Å²) in [5.41, 5.74) is 4.65. The van der Waals surface area contributed by atoms with E-state index in [2.05, 4.69) is 59.7 Å². The second kappa shape index (κ2) is 8.78. The predicted octanol–water partition coefficient (Wildman–Crippen LogP) is 3.78. The Bertz CT molecular complexity index is 899. The van der Waals surface area contributed by atoms with Crippen LogP contribution in [0.15, 0.2) is 42.5 Å². The van der Waals surface area contributed by atoms with Gasteiger partial charge in [0.1, 0.15) is 5.75 Å². The average Bonchev–Trinajstić information content (AvgIpc) is 2.76. The maximum atomic E-state index is 12.5. The van der Waals surface area contributed by atoms with Crippen molar-refractivity contribution in [3.05, 3.63) is 59.2 Å². The highest BCUT2D eigenvalue weighted by Crippen LogP contribution is 2.36. The van der Waals surface area contributed by atoms with Gasteiger partial charge in [0.2, 0.25) is 5.91 Å². The van der Waals surface area contributed by atoms with Crippen molar-refractivity contribution in [3.63, 3.8) is 0 Å². The average molecular weight is 408 g/mol. The molecule has 3 atom stereocenters. The first kappa shape index (κ1) is 20.9. The molecule has 5 heteroatoms. The van der Waals surface area contributed by atoms with Crippen LogP contribution in [0.1, 0.15) is 42.5 Å². The number of amides is 1. The van der Waals surface area contributed by atoms with Gasteiger partial charge in [0.15, 0.2) is 0 Å². The molecule has 2 aromatic rings. The molecule has 1 saturated heterocycles. The van der Waals surface area contributed by atoms with Crippen LogP contribution < -0.4 is 15.0 Å². The minimum Gasteiger partial charge on any atom is -0.496 e. The molecule has 0 radical (unpaired) electrons. The molecule has 1 N–H and O–H groups in total. The number of likely N-dealkylation sites (N-methyl/N-ethyl adjacent to an activating group) is 1. The monoisotopic (exact) mass is 407 g/mol. The van der Waals surface area contributed by atoms with Crippen LogP contribution in [0.5, 0.6) is 5.75 Å². The second-order valence-corrected chi connectivity index (χ2v) is 8.76. The van der Waals surface area contributed by atoms with Crippen molar-refractivity contribution in [2.24, 2.45) is 5.92 Å². The van der Waals surface area contributed by atoms with Crippen LogP contribution in [-0.2, 0) is 17.8 Å². The molecule has 0 aliphatic carbocycles. The van der Waals surface area contributed by atoms with E-state index in [0.29, 0.717) is 12.1 Å². The molecule has 0 bridgehead atoms. The number of ether oxygens (including phenoxy) is 1. The summed E-state index contributed by atoms with van der Waals surface area (Å²) in [5.74, 6) is 1.10. The number of nitrogens with one attached hydrogen (secondary N) is 1. The summed E-state index contributed by atoms with van der Waals surface area (Å²) in [7, 11) is 5.82. The minimum absolute atomic E-state index is 0.0144. The van der Waals surface area contributed by atoms with Crippen LogP contribution in [0.25, 0.3) is 0 Å². The zero-order chi connectivity index (χ0) is 21.3. The number of rotatable bonds is 5. The summed E-state index contributed by atoms with van der Waals surface area (Å²) < 4.78 is 5.73. The van der Waals surface area contributed by atoms with E-state index < -0.39 is 0 Å². The van der Waals surface area contributed by atoms with Crippen molar-refractivity contribution >= 4 is 11.6 Å². The van der Waals surface area contributed by atoms with E-state index >= 15 is 0 Å². The molecule has 0 spiro atoms. The first-order valence-electron chi connectivity index (χ1n) is 11.0. The second-order valence-electron chi connectivity index (χ2n) is 8.76. The maximum Gasteiger partial charge on any atom is 0.229 e. The molecule has 4 rings (SSSR count). The molecule has 0 aromatic heterocycles. The van der Waals surface area contributed by atoms with Crippen molar-refractivity contribution in [1.82, 2.24) is 10.2 Å². The molecule has 160 valence electrons. The number of carbonyl (C=O) groups excluding carboxylic acids is 1. The molecule has 0 saturated carbocycles. The van der Waals surface area contributed by atoms with Crippen molar-refractivity contribution in [1.29, 1.82) is 0 Å². The number of carbonyl (C=O) groups is 1. The zero-order valence-electron chi connectivity index (χ0n) is 18.5. The fourth-order valence-electron chi connectivity index (χ4n) is 5.08. The highest BCUT2D eigenvalue weighted by molar-refractivity contribution is 5.97. The molecule has 2 aliphatic heterocycles. The summed E-state index contributed by atoms with van der Waals surface area (Å²) in [6, 6.07) is 15.7. The van der Waals surface area contributed by atoms with Gasteiger partial charge >= 0.3 is 0 Å². The number of fused-ring (bicyclic) bond motifs is 1. The van der Waals surface area contributed by atoms with E-state index in [1.807, 2.05) is 14.0 Å². The lowest BCUT2D eigenvalue weighted by molar-refractivity contribution is -0.121. The lowest BCUT2D eigenvalue weighted by Gasteiger charge is -2.40. The molecule has 3 unspecified atom stereocenters. The summed E-state index contributed by atoms with van der Waals surface area (Å²) in [6.45, 7) is 3.83. The number of anilines is 1. The maximum absolute atomic E-state index is 12.5. The van der Waals surface area contributed by atoms with Crippen LogP contribution in [0, 0.1) is 5.92 Å². The lowest BCUT2D eigenvalue weighted by Crippen LogP contribution is -2.46. The van der Waals surface area contributed by atoms with Gasteiger partial charge in [0.05, 0.1) is 7.11 Å². The van der Waals surface area contributed by atoms with E-state index in [4.69, 9.17) is 4.74 Å². The van der Waals surface area contributed by atoms with Crippen LogP contribution in [-0.4, -0.2) is 44.6 Å². The third kappa shape index (κ3) is 3.96. The standard InChI is InChI=1S/C25H33N3O2/c1-17-13-19-15-23(30-4)20(14-22(19)28(3)25(17)29)16-26-21-11-8-12-27(2)24(21)18-9-6-5-7-10-18/h5-7,9-10,14-15,17,21,24,26H,8,11-13,16H2,1-4H3. The largest absolute Gasteiger partial charge is 0.496 e. The normalized spacial score (nSPS) is 24.6. The molecule has 2 aliphatic rings. The Labute approximate surface area is 180 Å². The van der Waals surface area contributed by atoms with Crippen molar-refractivity contribution < 1.29 is 9.53 Å². The Morgan fingerprint density at radius 1 is 1.17 bits per heavy atom. The van der Waals surface area contributed by atoms with Gasteiger partial charge in [-0.2, -0.15) is 0 Å². The molecule has 1 fully saturated rings. The van der Waals surface area contributed by atoms with Gasteiger partial charge < -0.3 is 15.0 Å². The van der Waals surface area contributed by atoms with E-state index in [9.17, 15) is 4.79 Å². The van der Waals surface area contributed by atoms with Gasteiger partial charge in [-0.25, -0.2) is 0 Å². The number of piperidine rings is 1. The highest BCUT2D eigenvalue weighted by atomic mass is 16.5. The zero-order valence-corrected chi connectivity index (χ0v) is 18.5. The third-order valence-corrected chi connectivity index (χ3v) is 6.70. The predicted molar refractivity (Wildman–Crippen MR) is 121 cm³/mol. The molecule has 30 heavy (non-hydrogen) atoms. The fraction of sp³-hybridized carbons (Fsp3) is 0.480. The number of likely N-dealkylation sites (tertiary alicyclic amines) is 1. The topological polar surface area (TPSA) is 44.8 Å². The Balaban J connectivity index is 1.57. The van der Waals surface area contributed by atoms with Crippen LogP contribution in [0.3, 0.4) is 0 Å². The molecule has 2 aromatic carbocycles. The van der Waals surface area contributed by atoms with Crippen LogP contribution >= 0.6 is 0 Å². The number of nitrogens with zero attached hydrogens (tertiary/aromatic N) is 2. The number of methoxy groups -OCH3 is 1. The SMILES string of the molecule is COc1cc2c(cc1CNC1CCCN(C)C1c1ccccc1)N(C)C(=O)C(C)C2. The minimum atomic E-state index is 0.0144. The summed E-state index contributed by atoms with van der Waals surface area (Å²) in [4.78, 5) is 16.7. The van der Waals surface area contributed by atoms with Crippen molar-refractivity contribution in [2.75, 3.05) is 32.6 Å². The van der Waals surface area contributed by atoms with E-state index in [1.54, 1.807) is 12.0 Å². The van der Waals surface area contributed by atoms with E-state index in [0.717, 1.165) is 42.9 Å². The van der Waals surface area contributed by atoms with Gasteiger partial charge in [-0.15, -0.1) is 0 Å². The molecule has 2 heterocycles. The quantitative estimate of drug-likeness (QED) is 0.819. The molecule has 1 amide bonds. The molecular formula is C25H33N3O2. The Kier molecular flexibility index (Phi) is 6.11.